The Morgan fingerprint density at radius 1 is 0.489 bits per heavy atom. The second kappa shape index (κ2) is 26.3. The highest BCUT2D eigenvalue weighted by Gasteiger charge is 2.37. The number of hydrogen-bond donors (Lipinski definition) is 0. The number of rotatable bonds is 13. The molecule has 0 N–H and O–H groups in total. The van der Waals surface area contributed by atoms with Gasteiger partial charge in [-0.15, -0.1) is 89.3 Å². The Bertz CT molecular complexity index is 4990. The van der Waals surface area contributed by atoms with Gasteiger partial charge in [0.05, 0.1) is 11.4 Å². The van der Waals surface area contributed by atoms with Crippen molar-refractivity contribution in [3.8, 4) is 24.7 Å². The van der Waals surface area contributed by atoms with E-state index in [0.29, 0.717) is 6.32 Å². The van der Waals surface area contributed by atoms with E-state index in [-0.39, 0.29) is 5.82 Å². The van der Waals surface area contributed by atoms with Crippen LogP contribution in [0.1, 0.15) is 35.6 Å². The molecule has 0 saturated heterocycles. The van der Waals surface area contributed by atoms with Gasteiger partial charge in [0.1, 0.15) is 225 Å². The van der Waals surface area contributed by atoms with Gasteiger partial charge in [0.15, 0.2) is 0 Å². The summed E-state index contributed by atoms with van der Waals surface area (Å²) in [5.74, 6) is 6.71. The van der Waals surface area contributed by atoms with E-state index in [1.807, 2.05) is 0 Å². The van der Waals surface area contributed by atoms with Crippen LogP contribution in [0, 0.1) is 24.7 Å². The van der Waals surface area contributed by atoms with Crippen molar-refractivity contribution in [3.63, 3.8) is 0 Å². The average Bonchev–Trinajstić information content (AvgIpc) is 1.13. The molecule has 0 spiro atoms. The predicted molar refractivity (Wildman–Crippen MR) is 507 cm³/mol. The highest BCUT2D eigenvalue weighted by atomic mass is 15.2. The van der Waals surface area contributed by atoms with Gasteiger partial charge < -0.3 is 9.80 Å². The Balaban J connectivity index is 1.36. The maximum Gasteiger partial charge on any atom is 0.149 e. The summed E-state index contributed by atoms with van der Waals surface area (Å²) in [6.45, 7) is 2.30. The highest BCUT2D eigenvalue weighted by Crippen LogP contribution is 2.51. The number of anilines is 2. The molecule has 94 heavy (non-hydrogen) atoms. The monoisotopic (exact) mass is 1180 g/mol. The summed E-state index contributed by atoms with van der Waals surface area (Å²) in [7, 11) is 64.4. The van der Waals surface area contributed by atoms with Crippen LogP contribution in [0.4, 0.5) is 11.4 Å². The standard InChI is InChI=1S/C64H76B28N2/c1-4-26(66)38(67)39(68)31(17-65)93(27(5-2)24(36-44(73)52(81)58(87)53(82)45(36)74)14-18(3)32-40(69)48(77)56(85)49(78)41(32)70)28-12-8-19-7-11-23-29(13-9-20-6-10-22(28)33(19)34(20)23)94(64-62(91)60(89)61(90)63(64)92)30-16-21(35-42(71)50(79)57(86)51(80)43(35)72)15-25(30)37-46(75)54(83)59(88)55(84)47(37)76/h1-2,6-15,62H,16-17,65-92H2,3H3/b18-14+,27-24-,38-26-,39-31-. The molecule has 0 aliphatic heterocycles. The van der Waals surface area contributed by atoms with Crippen molar-refractivity contribution in [3.05, 3.63) is 139 Å². The maximum atomic E-state index is 7.37. The minimum atomic E-state index is 0.173. The van der Waals surface area contributed by atoms with E-state index in [1.165, 1.54) is 209 Å². The Morgan fingerprint density at radius 2 is 0.894 bits per heavy atom. The molecule has 8 aromatic rings. The van der Waals surface area contributed by atoms with Crippen molar-refractivity contribution < 1.29 is 0 Å². The van der Waals surface area contributed by atoms with Gasteiger partial charge >= 0.3 is 0 Å². The van der Waals surface area contributed by atoms with Crippen LogP contribution < -0.4 is 119 Å². The lowest BCUT2D eigenvalue weighted by Crippen LogP contribution is -2.56. The first-order valence-electron chi connectivity index (χ1n) is 34.4. The minimum absolute atomic E-state index is 0.173. The fourth-order valence-corrected chi connectivity index (χ4v) is 16.7. The van der Waals surface area contributed by atoms with E-state index < -0.39 is 0 Å². The molecular weight excluding hydrogens is 1100 g/mol. The SMILES string of the molecule is BC/C(=C(B)\C(B)=C(\B)C#C)N(/C(C#C)=C(/C=C(\C)c1c(B)c(B)c(B)c(B)c1B)c1c(B)c(B)c(B)c(B)c1B)c1ccc2ccc3c(N(C4=C(c5c(B)c(B)c(B)c(B)c5B)C=C(c5c(B)c(B)c(B)c(B)c5B)C4)C4=C(B)C(B)=C(B)C4B)ccc4ccc1c2c43. The summed E-state index contributed by atoms with van der Waals surface area (Å²) >= 11 is 0. The molecule has 2 aliphatic carbocycles. The lowest BCUT2D eigenvalue weighted by Gasteiger charge is -2.36. The molecule has 1 unspecified atom stereocenters. The van der Waals surface area contributed by atoms with Crippen LogP contribution in [-0.2, 0) is 0 Å². The van der Waals surface area contributed by atoms with E-state index in [0.717, 1.165) is 50.9 Å². The van der Waals surface area contributed by atoms with Crippen molar-refractivity contribution in [1.29, 1.82) is 0 Å². The molecule has 10 rings (SSSR count). The van der Waals surface area contributed by atoms with Gasteiger partial charge in [-0.25, -0.2) is 0 Å². The first kappa shape index (κ1) is 70.1. The predicted octanol–water partition coefficient (Wildman–Crippen LogP) is -26.8. The Labute approximate surface area is 589 Å². The van der Waals surface area contributed by atoms with Crippen molar-refractivity contribution in [1.82, 2.24) is 0 Å². The molecule has 8 aromatic carbocycles. The molecule has 0 aromatic heterocycles. The normalized spacial score (nSPS) is 15.2. The zero-order valence-electron chi connectivity index (χ0n) is 62.8. The first-order valence-corrected chi connectivity index (χ1v) is 34.4. The van der Waals surface area contributed by atoms with Crippen molar-refractivity contribution in [2.24, 2.45) is 0 Å². The summed E-state index contributed by atoms with van der Waals surface area (Å²) in [5.41, 5.74) is 50.9. The molecule has 0 radical (unpaired) electrons. The van der Waals surface area contributed by atoms with Gasteiger partial charge in [0.2, 0.25) is 0 Å². The van der Waals surface area contributed by atoms with Gasteiger partial charge in [0.25, 0.3) is 0 Å². The van der Waals surface area contributed by atoms with Gasteiger partial charge in [-0.3, -0.25) is 0 Å². The largest absolute Gasteiger partial charge is 0.317 e. The number of hydrogen-bond acceptors (Lipinski definition) is 2. The molecule has 0 bridgehead atoms. The molecule has 0 heterocycles. The molecule has 426 valence electrons. The maximum absolute atomic E-state index is 7.37. The number of benzene rings is 8. The topological polar surface area (TPSA) is 6.48 Å². The van der Waals surface area contributed by atoms with E-state index in [4.69, 9.17) is 12.8 Å². The number of nitrogens with zero attached hydrogens (tertiary/aromatic N) is 2. The zero-order chi connectivity index (χ0) is 69.2. The lowest BCUT2D eigenvalue weighted by atomic mass is 9.59. The summed E-state index contributed by atoms with van der Waals surface area (Å²) < 4.78 is 0. The second-order valence-electron chi connectivity index (χ2n) is 28.6. The summed E-state index contributed by atoms with van der Waals surface area (Å²) in [6, 6.07) is 19.1. The van der Waals surface area contributed by atoms with Gasteiger partial charge in [-0.05, 0) is 104 Å². The van der Waals surface area contributed by atoms with Crippen LogP contribution in [0.15, 0.2) is 116 Å². The third-order valence-electron chi connectivity index (χ3n) is 24.8. The molecule has 2 aliphatic rings. The Morgan fingerprint density at radius 3 is 1.32 bits per heavy atom. The molecule has 0 amide bonds. The molecule has 0 saturated carbocycles. The van der Waals surface area contributed by atoms with Crippen LogP contribution in [0.25, 0.3) is 54.6 Å². The smallest absolute Gasteiger partial charge is 0.149 e. The lowest BCUT2D eigenvalue weighted by molar-refractivity contribution is 0.998. The summed E-state index contributed by atoms with van der Waals surface area (Å²) in [6.07, 6.45) is 20.2. The van der Waals surface area contributed by atoms with Crippen LogP contribution in [0.5, 0.6) is 0 Å². The van der Waals surface area contributed by atoms with E-state index >= 15 is 0 Å². The molecule has 30 heteroatoms. The van der Waals surface area contributed by atoms with Gasteiger partial charge in [-0.2, -0.15) is 0 Å². The summed E-state index contributed by atoms with van der Waals surface area (Å²) in [5, 5.41) is 7.21. The number of allylic oxidation sites excluding steroid dienone is 14. The van der Waals surface area contributed by atoms with E-state index in [1.54, 1.807) is 0 Å². The van der Waals surface area contributed by atoms with Crippen LogP contribution >= 0.6 is 0 Å². The van der Waals surface area contributed by atoms with Gasteiger partial charge in [-0.1, -0.05) is 108 Å². The van der Waals surface area contributed by atoms with Crippen molar-refractivity contribution >= 4 is 395 Å². The molecule has 2 nitrogen and oxygen atoms in total. The van der Waals surface area contributed by atoms with Crippen LogP contribution in [0.2, 0.25) is 12.1 Å². The minimum Gasteiger partial charge on any atom is -0.317 e. The fraction of sp³-hybridized carbons (Fsp3) is 0.0625. The molecule has 1 atom stereocenters. The Kier molecular flexibility index (Phi) is 19.6. The molecular formula is C64H76B28N2. The highest BCUT2D eigenvalue weighted by molar-refractivity contribution is 6.72. The quantitative estimate of drug-likeness (QED) is 0.0491. The summed E-state index contributed by atoms with van der Waals surface area (Å²) in [4.78, 5) is 5.24. The van der Waals surface area contributed by atoms with Gasteiger partial charge in [0, 0.05) is 45.4 Å². The third kappa shape index (κ3) is 10.9. The van der Waals surface area contributed by atoms with Crippen LogP contribution in [0.3, 0.4) is 0 Å². The van der Waals surface area contributed by atoms with E-state index in [2.05, 4.69) is 309 Å². The van der Waals surface area contributed by atoms with Crippen molar-refractivity contribution in [2.45, 2.75) is 25.5 Å². The molecule has 0 fully saturated rings. The number of terminal acetylenes is 2. The van der Waals surface area contributed by atoms with Crippen LogP contribution in [-0.4, -0.2) is 220 Å². The van der Waals surface area contributed by atoms with E-state index in [9.17, 15) is 0 Å². The fourth-order valence-electron chi connectivity index (χ4n) is 16.7. The second-order valence-corrected chi connectivity index (χ2v) is 28.6. The Hall–Kier alpha value is -6.74. The van der Waals surface area contributed by atoms with Crippen molar-refractivity contribution in [2.75, 3.05) is 9.80 Å². The average molecular weight is 1180 g/mol. The first-order chi connectivity index (χ1) is 44.2. The zero-order valence-corrected chi connectivity index (χ0v) is 62.8. The third-order valence-corrected chi connectivity index (χ3v) is 24.8.